The van der Waals surface area contributed by atoms with Crippen LogP contribution in [0.15, 0.2) is 60.9 Å². The number of sulfonamides is 1. The zero-order chi connectivity index (χ0) is 30.3. The minimum atomic E-state index is -3.73. The van der Waals surface area contributed by atoms with Gasteiger partial charge in [-0.2, -0.15) is 0 Å². The number of carbonyl (C=O) groups is 3. The van der Waals surface area contributed by atoms with Crippen LogP contribution in [0.3, 0.4) is 0 Å². The van der Waals surface area contributed by atoms with Gasteiger partial charge in [-0.05, 0) is 43.0 Å². The first-order valence-electron chi connectivity index (χ1n) is 13.0. The first kappa shape index (κ1) is 31.3. The summed E-state index contributed by atoms with van der Waals surface area (Å²) in [6.45, 7) is 5.54. The molecule has 3 rings (SSSR count). The van der Waals surface area contributed by atoms with Crippen molar-refractivity contribution in [1.29, 1.82) is 0 Å². The maximum absolute atomic E-state index is 13.5. The Morgan fingerprint density at radius 3 is 2.15 bits per heavy atom. The molecule has 3 atom stereocenters. The first-order valence-corrected chi connectivity index (χ1v) is 14.8. The number of rotatable bonds is 12. The van der Waals surface area contributed by atoms with E-state index in [0.717, 1.165) is 16.1 Å². The molecule has 0 aliphatic heterocycles. The van der Waals surface area contributed by atoms with E-state index in [1.54, 1.807) is 6.92 Å². The number of anilines is 2. The fourth-order valence-corrected chi connectivity index (χ4v) is 4.57. The minimum Gasteiger partial charge on any atom is -0.381 e. The number of aromatic nitrogens is 2. The summed E-state index contributed by atoms with van der Waals surface area (Å²) in [6, 6.07) is 12.0. The van der Waals surface area contributed by atoms with E-state index < -0.39 is 39.9 Å². The molecule has 0 aliphatic rings. The molecule has 220 valence electrons. The van der Waals surface area contributed by atoms with Gasteiger partial charge in [0.2, 0.25) is 16.0 Å². The summed E-state index contributed by atoms with van der Waals surface area (Å²) in [7, 11) is -2.42. The Morgan fingerprint density at radius 1 is 1.00 bits per heavy atom. The lowest BCUT2D eigenvalue weighted by Crippen LogP contribution is -2.49. The predicted molar refractivity (Wildman–Crippen MR) is 156 cm³/mol. The van der Waals surface area contributed by atoms with Crippen molar-refractivity contribution in [3.63, 3.8) is 0 Å². The standard InChI is InChI=1S/C28H36N6O6S/c1-17(2)13-23(24(35)27(38)33-28-29-11-12-30-28)32-26(37)21-14-20(15-22(16-21)34(4)41(5,39)40)25(36)31-18(3)19-9-7-6-8-10-19/h6-12,14-18,23-24,35H,13H2,1-5H3,(H,31,36)(H,32,37)(H2,29,30,33,38)/t18-,23+,24-/m1/s1. The van der Waals surface area contributed by atoms with E-state index >= 15 is 0 Å². The summed E-state index contributed by atoms with van der Waals surface area (Å²) in [4.78, 5) is 46.0. The van der Waals surface area contributed by atoms with Crippen molar-refractivity contribution in [3.8, 4) is 0 Å². The third-order valence-electron chi connectivity index (χ3n) is 6.38. The average molecular weight is 585 g/mol. The first-order chi connectivity index (χ1) is 19.3. The molecule has 41 heavy (non-hydrogen) atoms. The maximum Gasteiger partial charge on any atom is 0.257 e. The molecule has 0 spiro atoms. The Hall–Kier alpha value is -4.23. The zero-order valence-corrected chi connectivity index (χ0v) is 24.4. The van der Waals surface area contributed by atoms with E-state index in [-0.39, 0.29) is 41.1 Å². The Labute approximate surface area is 239 Å². The summed E-state index contributed by atoms with van der Waals surface area (Å²) in [5.41, 5.74) is 0.987. The van der Waals surface area contributed by atoms with Gasteiger partial charge in [0.05, 0.1) is 24.0 Å². The molecule has 2 aromatic carbocycles. The second-order valence-electron chi connectivity index (χ2n) is 10.2. The number of hydrogen-bond donors (Lipinski definition) is 5. The molecule has 5 N–H and O–H groups in total. The van der Waals surface area contributed by atoms with Crippen molar-refractivity contribution in [1.82, 2.24) is 20.6 Å². The van der Waals surface area contributed by atoms with Crippen LogP contribution in [-0.4, -0.2) is 66.7 Å². The number of nitrogens with zero attached hydrogens (tertiary/aromatic N) is 2. The van der Waals surface area contributed by atoms with Gasteiger partial charge >= 0.3 is 0 Å². The summed E-state index contributed by atoms with van der Waals surface area (Å²) in [5.74, 6) is -1.85. The number of H-pyrrole nitrogens is 1. The molecule has 0 saturated heterocycles. The smallest absolute Gasteiger partial charge is 0.257 e. The molecule has 12 nitrogen and oxygen atoms in total. The largest absolute Gasteiger partial charge is 0.381 e. The van der Waals surface area contributed by atoms with E-state index in [1.165, 1.54) is 37.6 Å². The van der Waals surface area contributed by atoms with Gasteiger partial charge in [-0.15, -0.1) is 0 Å². The summed E-state index contributed by atoms with van der Waals surface area (Å²) < 4.78 is 25.5. The molecule has 0 saturated carbocycles. The Bertz CT molecular complexity index is 1460. The highest BCUT2D eigenvalue weighted by Gasteiger charge is 2.30. The number of benzene rings is 2. The molecular weight excluding hydrogens is 548 g/mol. The SMILES string of the molecule is CC(C)C[C@H](NC(=O)c1cc(C(=O)N[C@H](C)c2ccccc2)cc(N(C)S(C)(=O)=O)c1)[C@@H](O)C(=O)Nc1ncc[nH]1. The van der Waals surface area contributed by atoms with E-state index in [2.05, 4.69) is 25.9 Å². The fraction of sp³-hybridized carbons (Fsp3) is 0.357. The van der Waals surface area contributed by atoms with E-state index in [0.29, 0.717) is 0 Å². The number of carbonyl (C=O) groups excluding carboxylic acids is 3. The van der Waals surface area contributed by atoms with Crippen LogP contribution in [0, 0.1) is 5.92 Å². The van der Waals surface area contributed by atoms with Gasteiger partial charge in [0.1, 0.15) is 0 Å². The summed E-state index contributed by atoms with van der Waals surface area (Å²) in [5, 5.41) is 18.8. The van der Waals surface area contributed by atoms with Gasteiger partial charge in [-0.1, -0.05) is 44.2 Å². The number of aromatic amines is 1. The summed E-state index contributed by atoms with van der Waals surface area (Å²) in [6.07, 6.45) is 2.57. The molecule has 3 aromatic rings. The highest BCUT2D eigenvalue weighted by molar-refractivity contribution is 7.92. The fourth-order valence-electron chi connectivity index (χ4n) is 4.09. The van der Waals surface area contributed by atoms with Gasteiger partial charge < -0.3 is 20.7 Å². The lowest BCUT2D eigenvalue weighted by atomic mass is 9.97. The topological polar surface area (TPSA) is 174 Å². The lowest BCUT2D eigenvalue weighted by Gasteiger charge is -2.25. The molecule has 0 unspecified atom stereocenters. The van der Waals surface area contributed by atoms with Gasteiger partial charge in [-0.3, -0.25) is 24.0 Å². The van der Waals surface area contributed by atoms with E-state index in [9.17, 15) is 27.9 Å². The van der Waals surface area contributed by atoms with Crippen LogP contribution in [-0.2, 0) is 14.8 Å². The quantitative estimate of drug-likeness (QED) is 0.217. The summed E-state index contributed by atoms with van der Waals surface area (Å²) >= 11 is 0. The highest BCUT2D eigenvalue weighted by atomic mass is 32.2. The monoisotopic (exact) mass is 584 g/mol. The molecule has 3 amide bonds. The average Bonchev–Trinajstić information content (AvgIpc) is 3.44. The Morgan fingerprint density at radius 2 is 1.61 bits per heavy atom. The van der Waals surface area contributed by atoms with Crippen LogP contribution in [0.25, 0.3) is 0 Å². The van der Waals surface area contributed by atoms with Crippen molar-refractivity contribution >= 4 is 39.4 Å². The van der Waals surface area contributed by atoms with Crippen molar-refractivity contribution in [2.24, 2.45) is 5.92 Å². The van der Waals surface area contributed by atoms with Crippen molar-refractivity contribution in [2.45, 2.75) is 45.4 Å². The molecule has 13 heteroatoms. The van der Waals surface area contributed by atoms with Crippen LogP contribution in [0.4, 0.5) is 11.6 Å². The van der Waals surface area contributed by atoms with Crippen molar-refractivity contribution in [2.75, 3.05) is 22.9 Å². The van der Waals surface area contributed by atoms with Gasteiger partial charge in [-0.25, -0.2) is 13.4 Å². The molecule has 1 heterocycles. The highest BCUT2D eigenvalue weighted by Crippen LogP contribution is 2.22. The van der Waals surface area contributed by atoms with Crippen LogP contribution in [0.2, 0.25) is 0 Å². The van der Waals surface area contributed by atoms with Crippen LogP contribution < -0.4 is 20.3 Å². The number of nitrogens with one attached hydrogen (secondary N) is 4. The molecular formula is C28H36N6O6S. The zero-order valence-electron chi connectivity index (χ0n) is 23.6. The van der Waals surface area contributed by atoms with Crippen molar-refractivity contribution < 1.29 is 27.9 Å². The number of aliphatic hydroxyl groups excluding tert-OH is 1. The second-order valence-corrected chi connectivity index (χ2v) is 12.2. The predicted octanol–water partition coefficient (Wildman–Crippen LogP) is 2.44. The van der Waals surface area contributed by atoms with Gasteiger partial charge in [0.15, 0.2) is 6.10 Å². The number of imidazole rings is 1. The second kappa shape index (κ2) is 13.4. The van der Waals surface area contributed by atoms with Crippen molar-refractivity contribution in [3.05, 3.63) is 77.6 Å². The molecule has 0 aliphatic carbocycles. The normalized spacial score (nSPS) is 13.6. The third-order valence-corrected chi connectivity index (χ3v) is 7.59. The lowest BCUT2D eigenvalue weighted by molar-refractivity contribution is -0.125. The number of amides is 3. The van der Waals surface area contributed by atoms with E-state index in [1.807, 2.05) is 44.2 Å². The maximum atomic E-state index is 13.5. The van der Waals surface area contributed by atoms with Crippen LogP contribution >= 0.6 is 0 Å². The number of aliphatic hydroxyl groups is 1. The molecule has 0 fully saturated rings. The third kappa shape index (κ3) is 8.63. The molecule has 0 bridgehead atoms. The number of hydrogen-bond acceptors (Lipinski definition) is 7. The Balaban J connectivity index is 1.91. The van der Waals surface area contributed by atoms with E-state index in [4.69, 9.17) is 0 Å². The van der Waals surface area contributed by atoms with Crippen LogP contribution in [0.5, 0.6) is 0 Å². The van der Waals surface area contributed by atoms with Gasteiger partial charge in [0, 0.05) is 30.6 Å². The van der Waals surface area contributed by atoms with Gasteiger partial charge in [0.25, 0.3) is 17.7 Å². The minimum absolute atomic E-state index is 0.00474. The van der Waals surface area contributed by atoms with Crippen LogP contribution in [0.1, 0.15) is 59.5 Å². The molecule has 1 aromatic heterocycles. The molecule has 0 radical (unpaired) electrons. The Kier molecular flexibility index (Phi) is 10.2.